The fourth-order valence-electron chi connectivity index (χ4n) is 1.36. The molecule has 1 rings (SSSR count). The van der Waals surface area contributed by atoms with E-state index in [0.717, 1.165) is 12.1 Å². The van der Waals surface area contributed by atoms with Crippen LogP contribution >= 0.6 is 12.4 Å². The zero-order valence-electron chi connectivity index (χ0n) is 11.6. The summed E-state index contributed by atoms with van der Waals surface area (Å²) in [6.07, 6.45) is 0. The van der Waals surface area contributed by atoms with E-state index in [9.17, 15) is 25.6 Å². The standard InChI is InChI=1S/C11H16F2N2O4S2.ClH/c1-2-20(16,17)9-4-3-5-10(6-9)21(18,19)15-8-11(12,13)7-14;/h3-6,15H,2,7-8,14H2,1H3;1H. The molecule has 0 heterocycles. The van der Waals surface area contributed by atoms with Gasteiger partial charge in [0, 0.05) is 0 Å². The van der Waals surface area contributed by atoms with Gasteiger partial charge in [-0.2, -0.15) is 0 Å². The van der Waals surface area contributed by atoms with Gasteiger partial charge in [-0.1, -0.05) is 13.0 Å². The molecule has 0 saturated heterocycles. The summed E-state index contributed by atoms with van der Waals surface area (Å²) in [5, 5.41) is 0. The summed E-state index contributed by atoms with van der Waals surface area (Å²) in [5.74, 6) is -3.57. The maximum absolute atomic E-state index is 13.0. The summed E-state index contributed by atoms with van der Waals surface area (Å²) in [6.45, 7) is -0.743. The van der Waals surface area contributed by atoms with Gasteiger partial charge >= 0.3 is 0 Å². The number of sulfone groups is 1. The first-order valence-electron chi connectivity index (χ1n) is 5.94. The van der Waals surface area contributed by atoms with E-state index in [4.69, 9.17) is 5.73 Å². The largest absolute Gasteiger partial charge is 0.325 e. The number of alkyl halides is 2. The number of hydrogen-bond acceptors (Lipinski definition) is 5. The average Bonchev–Trinajstić information content (AvgIpc) is 2.45. The second-order valence-corrected chi connectivity index (χ2v) is 8.31. The van der Waals surface area contributed by atoms with Gasteiger partial charge in [-0.25, -0.2) is 30.3 Å². The molecule has 0 saturated carbocycles. The van der Waals surface area contributed by atoms with Crippen LogP contribution in [0.1, 0.15) is 6.92 Å². The molecule has 0 amide bonds. The molecular weight excluding hydrogens is 362 g/mol. The third-order valence-electron chi connectivity index (χ3n) is 2.67. The highest BCUT2D eigenvalue weighted by Crippen LogP contribution is 2.18. The minimum Gasteiger partial charge on any atom is -0.325 e. The van der Waals surface area contributed by atoms with Crippen LogP contribution in [0.3, 0.4) is 0 Å². The molecule has 0 fully saturated rings. The Labute approximate surface area is 134 Å². The lowest BCUT2D eigenvalue weighted by atomic mass is 10.3. The van der Waals surface area contributed by atoms with Gasteiger partial charge in [-0.05, 0) is 18.2 Å². The maximum Gasteiger partial charge on any atom is 0.273 e. The highest BCUT2D eigenvalue weighted by Gasteiger charge is 2.29. The van der Waals surface area contributed by atoms with Crippen molar-refractivity contribution in [2.75, 3.05) is 18.8 Å². The summed E-state index contributed by atoms with van der Waals surface area (Å²) >= 11 is 0. The van der Waals surface area contributed by atoms with Crippen molar-refractivity contribution in [3.05, 3.63) is 24.3 Å². The van der Waals surface area contributed by atoms with Gasteiger partial charge in [0.15, 0.2) is 9.84 Å². The Balaban J connectivity index is 0.00000441. The molecule has 1 aromatic carbocycles. The first-order valence-corrected chi connectivity index (χ1v) is 9.08. The average molecular weight is 379 g/mol. The zero-order chi connectivity index (χ0) is 16.3. The number of rotatable bonds is 7. The maximum atomic E-state index is 13.0. The third-order valence-corrected chi connectivity index (χ3v) is 5.81. The van der Waals surface area contributed by atoms with Crippen LogP contribution in [0.2, 0.25) is 0 Å². The molecule has 0 aliphatic rings. The molecule has 0 aliphatic carbocycles. The van der Waals surface area contributed by atoms with Gasteiger partial charge in [0.05, 0.1) is 28.6 Å². The van der Waals surface area contributed by atoms with Gasteiger partial charge in [-0.3, -0.25) is 0 Å². The van der Waals surface area contributed by atoms with E-state index in [1.54, 1.807) is 4.72 Å². The molecule has 6 nitrogen and oxygen atoms in total. The minimum absolute atomic E-state index is 0. The van der Waals surface area contributed by atoms with Crippen molar-refractivity contribution in [2.24, 2.45) is 5.73 Å². The molecule has 0 spiro atoms. The predicted molar refractivity (Wildman–Crippen MR) is 80.6 cm³/mol. The normalized spacial score (nSPS) is 12.7. The Morgan fingerprint density at radius 2 is 1.73 bits per heavy atom. The first kappa shape index (κ1) is 21.2. The number of hydrogen-bond donors (Lipinski definition) is 2. The first-order chi connectivity index (χ1) is 9.54. The van der Waals surface area contributed by atoms with E-state index in [1.165, 1.54) is 19.1 Å². The Morgan fingerprint density at radius 3 is 2.23 bits per heavy atom. The Hall–Kier alpha value is -0.810. The molecule has 0 bridgehead atoms. The van der Waals surface area contributed by atoms with E-state index >= 15 is 0 Å². The monoisotopic (exact) mass is 378 g/mol. The van der Waals surface area contributed by atoms with Gasteiger partial charge in [0.2, 0.25) is 10.0 Å². The second-order valence-electron chi connectivity index (χ2n) is 4.26. The summed E-state index contributed by atoms with van der Waals surface area (Å²) in [7, 11) is -7.83. The fourth-order valence-corrected chi connectivity index (χ4v) is 3.47. The topological polar surface area (TPSA) is 106 Å². The Morgan fingerprint density at radius 1 is 1.18 bits per heavy atom. The smallest absolute Gasteiger partial charge is 0.273 e. The summed E-state index contributed by atoms with van der Waals surface area (Å²) < 4.78 is 74.8. The number of nitrogens with two attached hydrogens (primary N) is 1. The predicted octanol–water partition coefficient (Wildman–Crippen LogP) is 0.774. The van der Waals surface area contributed by atoms with Gasteiger partial charge in [0.1, 0.15) is 0 Å². The molecule has 128 valence electrons. The van der Waals surface area contributed by atoms with Gasteiger partial charge in [-0.15, -0.1) is 12.4 Å². The van der Waals surface area contributed by atoms with Crippen molar-refractivity contribution in [3.63, 3.8) is 0 Å². The molecule has 11 heteroatoms. The van der Waals surface area contributed by atoms with E-state index in [2.05, 4.69) is 0 Å². The molecule has 0 atom stereocenters. The van der Waals surface area contributed by atoms with Crippen LogP contribution in [0, 0.1) is 0 Å². The fraction of sp³-hybridized carbons (Fsp3) is 0.455. The molecule has 3 N–H and O–H groups in total. The minimum atomic E-state index is -4.24. The molecule has 0 aromatic heterocycles. The van der Waals surface area contributed by atoms with Crippen LogP contribution in [0.25, 0.3) is 0 Å². The van der Waals surface area contributed by atoms with Gasteiger partial charge in [0.25, 0.3) is 5.92 Å². The Bertz CT molecular complexity index is 709. The number of sulfonamides is 1. The SMILES string of the molecule is CCS(=O)(=O)c1cccc(S(=O)(=O)NCC(F)(F)CN)c1.Cl. The lowest BCUT2D eigenvalue weighted by molar-refractivity contribution is 0.0170. The van der Waals surface area contributed by atoms with Gasteiger partial charge < -0.3 is 5.73 Å². The third kappa shape index (κ3) is 5.43. The van der Waals surface area contributed by atoms with Crippen molar-refractivity contribution in [1.82, 2.24) is 4.72 Å². The lowest BCUT2D eigenvalue weighted by Crippen LogP contribution is -2.41. The van der Waals surface area contributed by atoms with Crippen LogP contribution in [-0.2, 0) is 19.9 Å². The zero-order valence-corrected chi connectivity index (χ0v) is 14.1. The molecule has 0 aliphatic heterocycles. The highest BCUT2D eigenvalue weighted by atomic mass is 35.5. The van der Waals surface area contributed by atoms with Crippen LogP contribution in [0.5, 0.6) is 0 Å². The molecule has 0 unspecified atom stereocenters. The molecule has 1 aromatic rings. The number of halogens is 3. The molecular formula is C11H17ClF2N2O4S2. The summed E-state index contributed by atoms with van der Waals surface area (Å²) in [5.41, 5.74) is 4.81. The van der Waals surface area contributed by atoms with E-state index in [-0.39, 0.29) is 23.1 Å². The van der Waals surface area contributed by atoms with E-state index < -0.39 is 43.8 Å². The van der Waals surface area contributed by atoms with Crippen LogP contribution in [0.15, 0.2) is 34.1 Å². The van der Waals surface area contributed by atoms with Crippen LogP contribution in [-0.4, -0.2) is 41.6 Å². The highest BCUT2D eigenvalue weighted by molar-refractivity contribution is 7.91. The quantitative estimate of drug-likeness (QED) is 0.729. The number of benzene rings is 1. The summed E-state index contributed by atoms with van der Waals surface area (Å²) in [4.78, 5) is -0.580. The number of nitrogens with one attached hydrogen (secondary N) is 1. The Kier molecular flexibility index (Phi) is 7.36. The van der Waals surface area contributed by atoms with Crippen molar-refractivity contribution in [3.8, 4) is 0 Å². The van der Waals surface area contributed by atoms with E-state index in [0.29, 0.717) is 0 Å². The van der Waals surface area contributed by atoms with E-state index in [1.807, 2.05) is 0 Å². The van der Waals surface area contributed by atoms with Crippen molar-refractivity contribution < 1.29 is 25.6 Å². The molecule has 22 heavy (non-hydrogen) atoms. The molecule has 0 radical (unpaired) electrons. The lowest BCUT2D eigenvalue weighted by Gasteiger charge is -2.15. The second kappa shape index (κ2) is 7.64. The van der Waals surface area contributed by atoms with Crippen molar-refractivity contribution in [2.45, 2.75) is 22.6 Å². The van der Waals surface area contributed by atoms with Crippen LogP contribution in [0.4, 0.5) is 8.78 Å². The summed E-state index contributed by atoms with van der Waals surface area (Å²) in [6, 6.07) is 4.53. The van der Waals surface area contributed by atoms with Crippen molar-refractivity contribution >= 4 is 32.3 Å². The van der Waals surface area contributed by atoms with Crippen molar-refractivity contribution in [1.29, 1.82) is 0 Å². The van der Waals surface area contributed by atoms with Crippen LogP contribution < -0.4 is 10.5 Å².